The van der Waals surface area contributed by atoms with Crippen molar-refractivity contribution in [3.05, 3.63) is 5.89 Å². The summed E-state index contributed by atoms with van der Waals surface area (Å²) in [6.45, 7) is 6.02. The van der Waals surface area contributed by atoms with Gasteiger partial charge in [-0.25, -0.2) is 4.79 Å². The van der Waals surface area contributed by atoms with Crippen LogP contribution in [-0.2, 0) is 9.53 Å². The van der Waals surface area contributed by atoms with Gasteiger partial charge in [0.05, 0.1) is 11.9 Å². The average Bonchev–Trinajstić information content (AvgIpc) is 2.78. The Bertz CT molecular complexity index is 421. The predicted octanol–water partition coefficient (Wildman–Crippen LogP) is 0.863. The number of nitrogens with zero attached hydrogens (tertiary/aromatic N) is 2. The maximum absolute atomic E-state index is 11.5. The zero-order chi connectivity index (χ0) is 13.5. The van der Waals surface area contributed by atoms with Gasteiger partial charge in [-0.2, -0.15) is 0 Å². The second-order valence-corrected chi connectivity index (χ2v) is 4.54. The highest BCUT2D eigenvalue weighted by Crippen LogP contribution is 2.21. The van der Waals surface area contributed by atoms with Crippen LogP contribution in [0.25, 0.3) is 0 Å². The lowest BCUT2D eigenvalue weighted by Crippen LogP contribution is -2.30. The molecular weight excluding hydrogens is 258 g/mol. The lowest BCUT2D eigenvalue weighted by atomic mass is 10.4. The van der Waals surface area contributed by atoms with Crippen LogP contribution in [-0.4, -0.2) is 40.5 Å². The minimum absolute atomic E-state index is 0.126. The molecule has 1 unspecified atom stereocenters. The standard InChI is InChI=1S/C10H15N3O4S/c1-4-11-7(14)6(3)18-10-13-12-8(17-10)9(15)16-5-2/h6H,4-5H2,1-3H3,(H,11,14). The number of aromatic nitrogens is 2. The molecule has 0 fully saturated rings. The SMILES string of the molecule is CCNC(=O)C(C)Sc1nnc(C(=O)OCC)o1. The predicted molar refractivity (Wildman–Crippen MR) is 64.3 cm³/mol. The molecule has 0 aliphatic rings. The third-order valence-corrected chi connectivity index (χ3v) is 2.79. The topological polar surface area (TPSA) is 94.3 Å². The third-order valence-electron chi connectivity index (χ3n) is 1.85. The minimum atomic E-state index is -0.664. The molecule has 0 saturated carbocycles. The minimum Gasteiger partial charge on any atom is -0.459 e. The number of carbonyl (C=O) groups excluding carboxylic acids is 2. The van der Waals surface area contributed by atoms with Crippen molar-refractivity contribution >= 4 is 23.6 Å². The normalized spacial score (nSPS) is 11.9. The fraction of sp³-hybridized carbons (Fsp3) is 0.600. The van der Waals surface area contributed by atoms with Crippen LogP contribution in [0.5, 0.6) is 0 Å². The highest BCUT2D eigenvalue weighted by Gasteiger charge is 2.20. The molecule has 1 aromatic heterocycles. The van der Waals surface area contributed by atoms with Gasteiger partial charge in [0.25, 0.3) is 5.22 Å². The van der Waals surface area contributed by atoms with Crippen LogP contribution < -0.4 is 5.32 Å². The van der Waals surface area contributed by atoms with Crippen LogP contribution in [0.4, 0.5) is 0 Å². The Morgan fingerprint density at radius 3 is 2.78 bits per heavy atom. The summed E-state index contributed by atoms with van der Waals surface area (Å²) in [4.78, 5) is 22.8. The average molecular weight is 273 g/mol. The van der Waals surface area contributed by atoms with Gasteiger partial charge in [0.15, 0.2) is 0 Å². The van der Waals surface area contributed by atoms with E-state index >= 15 is 0 Å². The first-order valence-electron chi connectivity index (χ1n) is 5.53. The van der Waals surface area contributed by atoms with E-state index in [1.807, 2.05) is 6.92 Å². The number of hydrogen-bond donors (Lipinski definition) is 1. The number of carbonyl (C=O) groups is 2. The highest BCUT2D eigenvalue weighted by atomic mass is 32.2. The molecule has 1 atom stereocenters. The zero-order valence-corrected chi connectivity index (χ0v) is 11.2. The summed E-state index contributed by atoms with van der Waals surface area (Å²) in [6, 6.07) is 0. The van der Waals surface area contributed by atoms with Crippen LogP contribution in [0.15, 0.2) is 9.64 Å². The van der Waals surface area contributed by atoms with Gasteiger partial charge in [0.1, 0.15) is 0 Å². The van der Waals surface area contributed by atoms with Gasteiger partial charge in [-0.3, -0.25) is 4.79 Å². The Balaban J connectivity index is 2.58. The second-order valence-electron chi connectivity index (χ2n) is 3.25. The first kappa shape index (κ1) is 14.5. The quantitative estimate of drug-likeness (QED) is 0.606. The summed E-state index contributed by atoms with van der Waals surface area (Å²) < 4.78 is 9.79. The Hall–Kier alpha value is -1.57. The van der Waals surface area contributed by atoms with Crippen molar-refractivity contribution in [3.63, 3.8) is 0 Å². The molecule has 1 N–H and O–H groups in total. The molecule has 0 aromatic carbocycles. The van der Waals surface area contributed by atoms with Crippen LogP contribution in [0.1, 0.15) is 31.5 Å². The van der Waals surface area contributed by atoms with E-state index in [1.54, 1.807) is 13.8 Å². The molecule has 7 nitrogen and oxygen atoms in total. The maximum atomic E-state index is 11.5. The monoisotopic (exact) mass is 273 g/mol. The molecule has 0 spiro atoms. The van der Waals surface area contributed by atoms with Crippen LogP contribution in [0.2, 0.25) is 0 Å². The van der Waals surface area contributed by atoms with Gasteiger partial charge in [0, 0.05) is 6.54 Å². The number of amides is 1. The molecule has 1 amide bonds. The molecule has 0 aliphatic heterocycles. The smallest absolute Gasteiger partial charge is 0.396 e. The summed E-state index contributed by atoms with van der Waals surface area (Å²) in [5, 5.41) is 9.68. The number of nitrogens with one attached hydrogen (secondary N) is 1. The summed E-state index contributed by atoms with van der Waals surface area (Å²) in [6.07, 6.45) is 0. The Morgan fingerprint density at radius 2 is 2.17 bits per heavy atom. The second kappa shape index (κ2) is 7.00. The van der Waals surface area contributed by atoms with Crippen molar-refractivity contribution in [2.24, 2.45) is 0 Å². The third kappa shape index (κ3) is 4.02. The van der Waals surface area contributed by atoms with E-state index in [9.17, 15) is 9.59 Å². The summed E-state index contributed by atoms with van der Waals surface area (Å²) >= 11 is 1.09. The van der Waals surface area contributed by atoms with Crippen LogP contribution >= 0.6 is 11.8 Å². The molecule has 0 bridgehead atoms. The Labute approximate surface area is 109 Å². The molecule has 1 aromatic rings. The fourth-order valence-electron chi connectivity index (χ4n) is 1.06. The molecule has 0 radical (unpaired) electrons. The molecule has 1 rings (SSSR count). The molecule has 100 valence electrons. The van der Waals surface area contributed by atoms with Gasteiger partial charge in [0.2, 0.25) is 5.91 Å². The van der Waals surface area contributed by atoms with E-state index in [1.165, 1.54) is 0 Å². The van der Waals surface area contributed by atoms with E-state index < -0.39 is 5.97 Å². The zero-order valence-electron chi connectivity index (χ0n) is 10.4. The largest absolute Gasteiger partial charge is 0.459 e. The summed E-state index contributed by atoms with van der Waals surface area (Å²) in [5.74, 6) is -0.997. The van der Waals surface area contributed by atoms with Crippen LogP contribution in [0.3, 0.4) is 0 Å². The van der Waals surface area contributed by atoms with Gasteiger partial charge >= 0.3 is 11.9 Å². The van der Waals surface area contributed by atoms with E-state index in [2.05, 4.69) is 15.5 Å². The molecule has 0 aliphatic carbocycles. The van der Waals surface area contributed by atoms with Gasteiger partial charge in [-0.1, -0.05) is 16.9 Å². The summed E-state index contributed by atoms with van der Waals surface area (Å²) in [7, 11) is 0. The van der Waals surface area contributed by atoms with E-state index in [4.69, 9.17) is 9.15 Å². The van der Waals surface area contributed by atoms with Crippen molar-refractivity contribution in [2.45, 2.75) is 31.2 Å². The van der Waals surface area contributed by atoms with Crippen molar-refractivity contribution in [1.29, 1.82) is 0 Å². The van der Waals surface area contributed by atoms with E-state index in [0.717, 1.165) is 11.8 Å². The van der Waals surface area contributed by atoms with E-state index in [0.29, 0.717) is 6.54 Å². The molecular formula is C10H15N3O4S. The number of thioether (sulfide) groups is 1. The van der Waals surface area contributed by atoms with Gasteiger partial charge in [-0.05, 0) is 20.8 Å². The fourth-order valence-corrected chi connectivity index (χ4v) is 1.76. The number of esters is 1. The molecule has 1 heterocycles. The number of rotatable bonds is 6. The summed E-state index contributed by atoms with van der Waals surface area (Å²) in [5.41, 5.74) is 0. The molecule has 8 heteroatoms. The Morgan fingerprint density at radius 1 is 1.44 bits per heavy atom. The first-order chi connectivity index (χ1) is 8.58. The van der Waals surface area contributed by atoms with Crippen molar-refractivity contribution < 1.29 is 18.7 Å². The lowest BCUT2D eigenvalue weighted by molar-refractivity contribution is -0.120. The molecule has 0 saturated heterocycles. The Kier molecular flexibility index (Phi) is 5.63. The maximum Gasteiger partial charge on any atom is 0.396 e. The van der Waals surface area contributed by atoms with Crippen molar-refractivity contribution in [3.8, 4) is 0 Å². The highest BCUT2D eigenvalue weighted by molar-refractivity contribution is 8.00. The van der Waals surface area contributed by atoms with E-state index in [-0.39, 0.29) is 28.9 Å². The van der Waals surface area contributed by atoms with Gasteiger partial charge in [-0.15, -0.1) is 5.10 Å². The lowest BCUT2D eigenvalue weighted by Gasteiger charge is -2.07. The van der Waals surface area contributed by atoms with Crippen molar-refractivity contribution in [1.82, 2.24) is 15.5 Å². The molecule has 18 heavy (non-hydrogen) atoms. The van der Waals surface area contributed by atoms with Crippen LogP contribution in [0, 0.1) is 0 Å². The first-order valence-corrected chi connectivity index (χ1v) is 6.41. The number of ether oxygens (including phenoxy) is 1. The number of hydrogen-bond acceptors (Lipinski definition) is 7. The van der Waals surface area contributed by atoms with Crippen molar-refractivity contribution in [2.75, 3.05) is 13.2 Å². The van der Waals surface area contributed by atoms with Gasteiger partial charge < -0.3 is 14.5 Å².